The Morgan fingerprint density at radius 2 is 1.47 bits per heavy atom. The predicted octanol–water partition coefficient (Wildman–Crippen LogP) is 8.90. The topological polar surface area (TPSA) is 68.1 Å². The summed E-state index contributed by atoms with van der Waals surface area (Å²) < 4.78 is 31.5. The highest BCUT2D eigenvalue weighted by Gasteiger charge is 2.54. The van der Waals surface area contributed by atoms with E-state index >= 15 is 0 Å². The fourth-order valence-corrected chi connectivity index (χ4v) is 9.85. The molecule has 0 spiro atoms. The fourth-order valence-electron chi connectivity index (χ4n) is 7.74. The van der Waals surface area contributed by atoms with E-state index in [2.05, 4.69) is 60.7 Å². The van der Waals surface area contributed by atoms with Crippen LogP contribution in [-0.2, 0) is 29.4 Å². The molecule has 246 valence electrons. The van der Waals surface area contributed by atoms with Crippen molar-refractivity contribution in [3.05, 3.63) is 138 Å². The third-order valence-corrected chi connectivity index (χ3v) is 13.1. The van der Waals surface area contributed by atoms with Crippen LogP contribution >= 0.6 is 0 Å². The smallest absolute Gasteiger partial charge is 0.123 e. The summed E-state index contributed by atoms with van der Waals surface area (Å²) in [6.45, 7) is 5.61. The molecule has 0 aliphatic heterocycles. The first-order valence-electron chi connectivity index (χ1n) is 16.8. The minimum Gasteiger partial charge on any atom is -0.489 e. The van der Waals surface area contributed by atoms with Crippen molar-refractivity contribution in [2.75, 3.05) is 12.8 Å². The molecule has 0 amide bonds. The second-order valence-corrected chi connectivity index (χ2v) is 16.0. The van der Waals surface area contributed by atoms with Gasteiger partial charge in [0.15, 0.2) is 0 Å². The lowest BCUT2D eigenvalue weighted by Gasteiger charge is -2.55. The van der Waals surface area contributed by atoms with Crippen LogP contribution in [0.4, 0.5) is 0 Å². The molecule has 0 unspecified atom stereocenters. The van der Waals surface area contributed by atoms with Gasteiger partial charge in [-0.15, -0.1) is 0 Å². The van der Waals surface area contributed by atoms with Gasteiger partial charge < -0.3 is 14.6 Å². The summed E-state index contributed by atoms with van der Waals surface area (Å²) >= 11 is 0. The first-order chi connectivity index (χ1) is 22.7. The summed E-state index contributed by atoms with van der Waals surface area (Å²) in [6.07, 6.45) is 7.72. The van der Waals surface area contributed by atoms with Crippen LogP contribution in [0.5, 0.6) is 11.5 Å². The van der Waals surface area contributed by atoms with Crippen LogP contribution in [0.2, 0.25) is 0 Å². The van der Waals surface area contributed by atoms with Crippen LogP contribution < -0.4 is 9.47 Å². The van der Waals surface area contributed by atoms with Gasteiger partial charge in [-0.05, 0) is 83.5 Å². The summed E-state index contributed by atoms with van der Waals surface area (Å²) in [4.78, 5) is 0.682. The van der Waals surface area contributed by atoms with Gasteiger partial charge in [-0.25, -0.2) is 8.57 Å². The highest BCUT2D eigenvalue weighted by Crippen LogP contribution is 2.56. The number of fused-ring (bicyclic) bond motifs is 1. The minimum absolute atomic E-state index is 0.130. The molecule has 0 radical (unpaired) electrons. The van der Waals surface area contributed by atoms with Crippen LogP contribution in [0.25, 0.3) is 0 Å². The highest BCUT2D eigenvalue weighted by atomic mass is 32.2. The number of hydrogen-bond acceptors (Lipinski definition) is 5. The first kappa shape index (κ1) is 33.0. The Balaban J connectivity index is 1.31. The van der Waals surface area contributed by atoms with E-state index in [0.29, 0.717) is 24.5 Å². The number of hydrogen-bond donors (Lipinski definition) is 1. The number of allylic oxidation sites excluding steroid dienone is 1. The van der Waals surface area contributed by atoms with Gasteiger partial charge >= 0.3 is 0 Å². The monoisotopic (exact) mass is 649 g/mol. The van der Waals surface area contributed by atoms with E-state index in [4.69, 9.17) is 9.47 Å². The molecule has 2 aliphatic rings. The van der Waals surface area contributed by atoms with Gasteiger partial charge in [0.2, 0.25) is 0 Å². The van der Waals surface area contributed by atoms with Crippen molar-refractivity contribution < 1.29 is 18.8 Å². The highest BCUT2D eigenvalue weighted by molar-refractivity contribution is 7.93. The molecule has 6 heteroatoms. The van der Waals surface area contributed by atoms with Gasteiger partial charge in [-0.3, -0.25) is 0 Å². The van der Waals surface area contributed by atoms with Gasteiger partial charge in [-0.1, -0.05) is 111 Å². The van der Waals surface area contributed by atoms with Gasteiger partial charge in [-0.2, -0.15) is 0 Å². The molecular weight excluding hydrogens is 603 g/mol. The third-order valence-electron chi connectivity index (χ3n) is 10.6. The quantitative estimate of drug-likeness (QED) is 0.165. The molecule has 4 aromatic rings. The van der Waals surface area contributed by atoms with Gasteiger partial charge in [0.05, 0.1) is 21.1 Å². The Kier molecular flexibility index (Phi) is 9.90. The zero-order valence-electron chi connectivity index (χ0n) is 27.8. The van der Waals surface area contributed by atoms with E-state index in [1.807, 2.05) is 78.9 Å². The summed E-state index contributed by atoms with van der Waals surface area (Å²) in [5, 5.41) is 12.4. The van der Waals surface area contributed by atoms with E-state index in [9.17, 15) is 9.32 Å². The molecule has 1 N–H and O–H groups in total. The molecular formula is C41H47NO4S. The molecule has 5 nitrogen and oxygen atoms in total. The molecule has 0 aromatic heterocycles. The van der Waals surface area contributed by atoms with Crippen molar-refractivity contribution in [1.82, 2.24) is 0 Å². The minimum atomic E-state index is -2.79. The maximum atomic E-state index is 14.3. The predicted molar refractivity (Wildman–Crippen MR) is 190 cm³/mol. The summed E-state index contributed by atoms with van der Waals surface area (Å²) in [5.41, 5.74) is 2.02. The molecule has 0 saturated heterocycles. The number of ether oxygens (including phenoxy) is 2. The Morgan fingerprint density at radius 1 is 0.851 bits per heavy atom. The van der Waals surface area contributed by atoms with E-state index in [1.165, 1.54) is 0 Å². The average molecular weight is 650 g/mol. The lowest BCUT2D eigenvalue weighted by Crippen LogP contribution is -2.55. The summed E-state index contributed by atoms with van der Waals surface area (Å²) in [6, 6.07) is 36.1. The molecule has 1 fully saturated rings. The van der Waals surface area contributed by atoms with Crippen molar-refractivity contribution >= 4 is 9.73 Å². The Bertz CT molecular complexity index is 1780. The largest absolute Gasteiger partial charge is 0.489 e. The third kappa shape index (κ3) is 7.19. The standard InChI is InChI=1S/C41H47NO4S/c1-31-21-23-38-37(20-13-25-41(38,43)30-47(44,42-3)36-18-11-6-12-19-36)40(31,2)27-34-26-35(45-28-32-14-7-4-8-15-32)22-24-39(34)46-29-33-16-9-5-10-17-33/h4-12,14-19,21-24,26,31,37-38,43H,13,20,25,27-30H2,1-3H3/t31-,37-,38+,40-,41-,47-/m0/s1. The molecule has 47 heavy (non-hydrogen) atoms. The lowest BCUT2D eigenvalue weighted by atomic mass is 9.52. The fraction of sp³-hybridized carbons (Fsp3) is 0.366. The summed E-state index contributed by atoms with van der Waals surface area (Å²) in [7, 11) is -1.18. The average Bonchev–Trinajstić information content (AvgIpc) is 3.10. The number of rotatable bonds is 11. The number of benzene rings is 4. The molecule has 4 aromatic carbocycles. The van der Waals surface area contributed by atoms with E-state index in [-0.39, 0.29) is 28.9 Å². The van der Waals surface area contributed by atoms with Crippen LogP contribution in [-0.4, -0.2) is 27.7 Å². The van der Waals surface area contributed by atoms with Crippen molar-refractivity contribution in [2.45, 2.75) is 63.2 Å². The Hall–Kier alpha value is -3.87. The lowest BCUT2D eigenvalue weighted by molar-refractivity contribution is -0.0829. The normalized spacial score (nSPS) is 26.5. The second kappa shape index (κ2) is 14.1. The zero-order valence-corrected chi connectivity index (χ0v) is 28.6. The Labute approximate surface area is 280 Å². The maximum Gasteiger partial charge on any atom is 0.123 e. The first-order valence-corrected chi connectivity index (χ1v) is 18.5. The number of aliphatic hydroxyl groups is 1. The Morgan fingerprint density at radius 3 is 2.11 bits per heavy atom. The van der Waals surface area contributed by atoms with Crippen molar-refractivity contribution in [1.29, 1.82) is 0 Å². The van der Waals surface area contributed by atoms with Crippen LogP contribution in [0.3, 0.4) is 0 Å². The summed E-state index contributed by atoms with van der Waals surface area (Å²) in [5.74, 6) is 2.11. The molecule has 6 rings (SSSR count). The SMILES string of the molecule is CN=[S@](=O)(C[C@@]1(O)CCC[C@H]2[C@H]1C=C[C@H](C)[C@]2(C)Cc1cc(OCc2ccccc2)ccc1OCc1ccccc1)c1ccccc1. The molecule has 2 aliphatic carbocycles. The zero-order chi connectivity index (χ0) is 32.9. The number of nitrogens with zero attached hydrogens (tertiary/aromatic N) is 1. The van der Waals surface area contributed by atoms with Gasteiger partial charge in [0, 0.05) is 17.9 Å². The van der Waals surface area contributed by atoms with E-state index in [0.717, 1.165) is 47.5 Å². The molecule has 0 heterocycles. The maximum absolute atomic E-state index is 14.3. The van der Waals surface area contributed by atoms with Crippen molar-refractivity contribution in [3.63, 3.8) is 0 Å². The molecule has 6 atom stereocenters. The van der Waals surface area contributed by atoms with E-state index in [1.54, 1.807) is 7.05 Å². The van der Waals surface area contributed by atoms with Crippen LogP contribution in [0.15, 0.2) is 131 Å². The van der Waals surface area contributed by atoms with Crippen LogP contribution in [0, 0.1) is 23.2 Å². The second-order valence-electron chi connectivity index (χ2n) is 13.6. The van der Waals surface area contributed by atoms with Crippen molar-refractivity contribution in [3.8, 4) is 11.5 Å². The van der Waals surface area contributed by atoms with Crippen LogP contribution in [0.1, 0.15) is 49.8 Å². The molecule has 1 saturated carbocycles. The van der Waals surface area contributed by atoms with Gasteiger partial charge in [0.1, 0.15) is 24.7 Å². The van der Waals surface area contributed by atoms with Crippen molar-refractivity contribution in [2.24, 2.45) is 27.5 Å². The molecule has 0 bridgehead atoms. The van der Waals surface area contributed by atoms with Gasteiger partial charge in [0.25, 0.3) is 0 Å². The van der Waals surface area contributed by atoms with E-state index < -0.39 is 15.3 Å².